The summed E-state index contributed by atoms with van der Waals surface area (Å²) >= 11 is 0. The highest BCUT2D eigenvalue weighted by atomic mass is 127. The van der Waals surface area contributed by atoms with Gasteiger partial charge in [-0.3, -0.25) is 19.6 Å². The first kappa shape index (κ1) is 27.9. The SMILES string of the molecule is CCNC(=NCCCN1CCCC1C(=O)N(C)C)NC1CC(C)N(Cc2ccccc2)C1.I. The van der Waals surface area contributed by atoms with Gasteiger partial charge >= 0.3 is 0 Å². The molecule has 7 nitrogen and oxygen atoms in total. The van der Waals surface area contributed by atoms with E-state index in [0.717, 1.165) is 70.9 Å². The van der Waals surface area contributed by atoms with Gasteiger partial charge in [0.25, 0.3) is 0 Å². The lowest BCUT2D eigenvalue weighted by atomic mass is 10.2. The van der Waals surface area contributed by atoms with Crippen LogP contribution in [0.25, 0.3) is 0 Å². The molecule has 0 saturated carbocycles. The molecule has 3 unspecified atom stereocenters. The molecule has 0 aliphatic carbocycles. The maximum Gasteiger partial charge on any atom is 0.239 e. The summed E-state index contributed by atoms with van der Waals surface area (Å²) in [6, 6.07) is 11.7. The van der Waals surface area contributed by atoms with Crippen LogP contribution in [0.15, 0.2) is 35.3 Å². The fourth-order valence-electron chi connectivity index (χ4n) is 4.89. The van der Waals surface area contributed by atoms with Gasteiger partial charge in [0.15, 0.2) is 5.96 Å². The molecule has 186 valence electrons. The van der Waals surface area contributed by atoms with Crippen LogP contribution in [0, 0.1) is 0 Å². The summed E-state index contributed by atoms with van der Waals surface area (Å²) in [5.41, 5.74) is 1.37. The molecule has 0 bridgehead atoms. The molecular weight excluding hydrogens is 527 g/mol. The molecule has 2 aliphatic rings. The number of carbonyl (C=O) groups excluding carboxylic acids is 1. The van der Waals surface area contributed by atoms with Crippen LogP contribution in [0.3, 0.4) is 0 Å². The predicted molar refractivity (Wildman–Crippen MR) is 147 cm³/mol. The molecule has 2 N–H and O–H groups in total. The minimum atomic E-state index is 0. The third-order valence-electron chi connectivity index (χ3n) is 6.58. The second kappa shape index (κ2) is 14.1. The van der Waals surface area contributed by atoms with Gasteiger partial charge in [-0.1, -0.05) is 30.3 Å². The summed E-state index contributed by atoms with van der Waals surface area (Å²) in [5.74, 6) is 1.14. The smallest absolute Gasteiger partial charge is 0.239 e. The van der Waals surface area contributed by atoms with Crippen molar-refractivity contribution in [1.82, 2.24) is 25.3 Å². The summed E-state index contributed by atoms with van der Waals surface area (Å²) in [7, 11) is 3.70. The lowest BCUT2D eigenvalue weighted by Gasteiger charge is -2.25. The lowest BCUT2D eigenvalue weighted by molar-refractivity contribution is -0.133. The van der Waals surface area contributed by atoms with Crippen molar-refractivity contribution < 1.29 is 4.79 Å². The van der Waals surface area contributed by atoms with E-state index in [1.165, 1.54) is 5.56 Å². The van der Waals surface area contributed by atoms with Gasteiger partial charge in [0.05, 0.1) is 6.04 Å². The molecule has 2 saturated heterocycles. The van der Waals surface area contributed by atoms with Gasteiger partial charge in [-0.15, -0.1) is 24.0 Å². The van der Waals surface area contributed by atoms with E-state index in [1.807, 2.05) is 14.1 Å². The molecule has 3 rings (SSSR count). The average molecular weight is 571 g/mol. The Morgan fingerprint density at radius 1 is 1.21 bits per heavy atom. The van der Waals surface area contributed by atoms with Gasteiger partial charge in [-0.05, 0) is 51.6 Å². The van der Waals surface area contributed by atoms with E-state index in [-0.39, 0.29) is 35.9 Å². The van der Waals surface area contributed by atoms with Crippen LogP contribution in [0.5, 0.6) is 0 Å². The van der Waals surface area contributed by atoms with Gasteiger partial charge in [0.1, 0.15) is 0 Å². The number of carbonyl (C=O) groups is 1. The van der Waals surface area contributed by atoms with E-state index >= 15 is 0 Å². The Labute approximate surface area is 217 Å². The van der Waals surface area contributed by atoms with E-state index in [1.54, 1.807) is 4.90 Å². The van der Waals surface area contributed by atoms with Crippen molar-refractivity contribution in [1.29, 1.82) is 0 Å². The maximum atomic E-state index is 12.4. The molecule has 2 heterocycles. The Hall–Kier alpha value is -1.39. The highest BCUT2D eigenvalue weighted by Crippen LogP contribution is 2.21. The van der Waals surface area contributed by atoms with Gasteiger partial charge in [0, 0.05) is 58.9 Å². The first-order chi connectivity index (χ1) is 15.5. The Balaban J connectivity index is 0.00000385. The molecule has 2 fully saturated rings. The molecule has 3 atom stereocenters. The number of benzene rings is 1. The molecule has 0 radical (unpaired) electrons. The molecule has 1 aromatic carbocycles. The normalized spacial score (nSPS) is 23.9. The van der Waals surface area contributed by atoms with Crippen LogP contribution in [-0.4, -0.2) is 91.5 Å². The zero-order chi connectivity index (χ0) is 22.9. The topological polar surface area (TPSA) is 63.2 Å². The average Bonchev–Trinajstić information content (AvgIpc) is 3.37. The fraction of sp³-hybridized carbons (Fsp3) is 0.680. The molecule has 33 heavy (non-hydrogen) atoms. The van der Waals surface area contributed by atoms with Crippen molar-refractivity contribution in [2.75, 3.05) is 46.8 Å². The summed E-state index contributed by atoms with van der Waals surface area (Å²) in [6.07, 6.45) is 4.18. The number of hydrogen-bond acceptors (Lipinski definition) is 4. The van der Waals surface area contributed by atoms with Crippen molar-refractivity contribution in [3.63, 3.8) is 0 Å². The van der Waals surface area contributed by atoms with Crippen LogP contribution in [-0.2, 0) is 11.3 Å². The van der Waals surface area contributed by atoms with Crippen LogP contribution in [0.1, 0.15) is 45.1 Å². The Morgan fingerprint density at radius 2 is 1.97 bits per heavy atom. The zero-order valence-corrected chi connectivity index (χ0v) is 23.1. The van der Waals surface area contributed by atoms with Crippen LogP contribution < -0.4 is 10.6 Å². The van der Waals surface area contributed by atoms with Gasteiger partial charge in [-0.25, -0.2) is 0 Å². The van der Waals surface area contributed by atoms with Crippen molar-refractivity contribution in [2.24, 2.45) is 4.99 Å². The van der Waals surface area contributed by atoms with Crippen molar-refractivity contribution in [3.8, 4) is 0 Å². The second-order valence-corrected chi connectivity index (χ2v) is 9.38. The minimum absolute atomic E-state index is 0. The van der Waals surface area contributed by atoms with Gasteiger partial charge in [0.2, 0.25) is 5.91 Å². The van der Waals surface area contributed by atoms with Gasteiger partial charge in [-0.2, -0.15) is 0 Å². The number of amides is 1. The Kier molecular flexibility index (Phi) is 11.9. The number of hydrogen-bond donors (Lipinski definition) is 2. The number of halogens is 1. The zero-order valence-electron chi connectivity index (χ0n) is 20.8. The monoisotopic (exact) mass is 570 g/mol. The van der Waals surface area contributed by atoms with Crippen LogP contribution in [0.4, 0.5) is 0 Å². The molecule has 1 aromatic rings. The maximum absolute atomic E-state index is 12.4. The van der Waals surface area contributed by atoms with Crippen molar-refractivity contribution in [2.45, 2.75) is 64.2 Å². The molecule has 1 amide bonds. The number of guanidine groups is 1. The predicted octanol–water partition coefficient (Wildman–Crippen LogP) is 2.77. The standard InChI is InChI=1S/C25H42N6O.HI/c1-5-26-25(27-14-10-16-30-15-9-13-23(30)24(32)29(3)4)28-22-17-20(2)31(19-22)18-21-11-7-6-8-12-21;/h6-8,11-12,20,22-23H,5,9-10,13-19H2,1-4H3,(H2,26,27,28);1H. The Morgan fingerprint density at radius 3 is 2.67 bits per heavy atom. The number of aliphatic imine (C=N–C) groups is 1. The number of nitrogens with one attached hydrogen (secondary N) is 2. The highest BCUT2D eigenvalue weighted by molar-refractivity contribution is 14.0. The summed E-state index contributed by atoms with van der Waals surface area (Å²) in [4.78, 5) is 23.8. The number of likely N-dealkylation sites (N-methyl/N-ethyl adjacent to an activating group) is 1. The van der Waals surface area contributed by atoms with Crippen molar-refractivity contribution in [3.05, 3.63) is 35.9 Å². The lowest BCUT2D eigenvalue weighted by Crippen LogP contribution is -2.45. The molecule has 8 heteroatoms. The van der Waals surface area contributed by atoms with Gasteiger partial charge < -0.3 is 15.5 Å². The number of rotatable bonds is 9. The largest absolute Gasteiger partial charge is 0.357 e. The first-order valence-electron chi connectivity index (χ1n) is 12.3. The minimum Gasteiger partial charge on any atom is -0.357 e. The quantitative estimate of drug-likeness (QED) is 0.207. The third-order valence-corrected chi connectivity index (χ3v) is 6.58. The Bertz CT molecular complexity index is 744. The first-order valence-corrected chi connectivity index (χ1v) is 12.3. The van der Waals surface area contributed by atoms with Crippen LogP contribution in [0.2, 0.25) is 0 Å². The molecule has 0 aromatic heterocycles. The highest BCUT2D eigenvalue weighted by Gasteiger charge is 2.31. The fourth-order valence-corrected chi connectivity index (χ4v) is 4.89. The second-order valence-electron chi connectivity index (χ2n) is 9.38. The van der Waals surface area contributed by atoms with Crippen molar-refractivity contribution >= 4 is 35.8 Å². The van der Waals surface area contributed by atoms with E-state index in [4.69, 9.17) is 4.99 Å². The van der Waals surface area contributed by atoms with E-state index < -0.39 is 0 Å². The molecule has 0 spiro atoms. The molecular formula is C25H43IN6O. The molecule has 2 aliphatic heterocycles. The van der Waals surface area contributed by atoms with E-state index in [2.05, 4.69) is 64.6 Å². The van der Waals surface area contributed by atoms with Crippen LogP contribution >= 0.6 is 24.0 Å². The number of likely N-dealkylation sites (tertiary alicyclic amines) is 2. The van der Waals surface area contributed by atoms with E-state index in [9.17, 15) is 4.79 Å². The van der Waals surface area contributed by atoms with E-state index in [0.29, 0.717) is 12.1 Å². The number of nitrogens with zero attached hydrogens (tertiary/aromatic N) is 4. The summed E-state index contributed by atoms with van der Waals surface area (Å²) in [6.45, 7) is 10.0. The summed E-state index contributed by atoms with van der Waals surface area (Å²) in [5, 5.41) is 7.06. The third kappa shape index (κ3) is 8.40. The summed E-state index contributed by atoms with van der Waals surface area (Å²) < 4.78 is 0.